The summed E-state index contributed by atoms with van der Waals surface area (Å²) in [5, 5.41) is 23.2. The summed E-state index contributed by atoms with van der Waals surface area (Å²) in [6.07, 6.45) is 0. The Hall–Kier alpha value is -2.65. The van der Waals surface area contributed by atoms with Crippen LogP contribution in [0.4, 0.5) is 11.4 Å². The van der Waals surface area contributed by atoms with Crippen molar-refractivity contribution in [1.29, 1.82) is 0 Å². The van der Waals surface area contributed by atoms with Gasteiger partial charge in [0.15, 0.2) is 0 Å². The second-order valence-corrected chi connectivity index (χ2v) is 5.73. The van der Waals surface area contributed by atoms with Crippen LogP contribution in [0.3, 0.4) is 0 Å². The van der Waals surface area contributed by atoms with Crippen molar-refractivity contribution < 1.29 is 24.4 Å². The number of methoxy groups -OCH3 is 1. The third kappa shape index (κ3) is 3.72. The van der Waals surface area contributed by atoms with Crippen LogP contribution in [0.1, 0.15) is 5.56 Å². The summed E-state index contributed by atoms with van der Waals surface area (Å²) in [6.45, 7) is 1.26. The predicted molar refractivity (Wildman–Crippen MR) is 89.2 cm³/mol. The Morgan fingerprint density at radius 1 is 1.52 bits per heavy atom. The number of nitro groups is 1. The Labute approximate surface area is 148 Å². The van der Waals surface area contributed by atoms with E-state index >= 15 is 0 Å². The Morgan fingerprint density at radius 2 is 2.20 bits per heavy atom. The SMILES string of the molecule is COC(=O)C1=C(Nc2c(C)cc(Cl)cc2[N+](=O)[O-])C(=O)N(CCO)C1. The molecule has 0 aromatic heterocycles. The molecule has 0 fully saturated rings. The zero-order valence-electron chi connectivity index (χ0n) is 13.5. The van der Waals surface area contributed by atoms with Crippen molar-refractivity contribution in [1.82, 2.24) is 4.90 Å². The number of rotatable bonds is 6. The number of aryl methyl sites for hydroxylation is 1. The molecule has 1 aliphatic heterocycles. The molecule has 0 saturated heterocycles. The lowest BCUT2D eigenvalue weighted by atomic mass is 10.1. The molecule has 0 radical (unpaired) electrons. The van der Waals surface area contributed by atoms with Gasteiger partial charge < -0.3 is 20.1 Å². The summed E-state index contributed by atoms with van der Waals surface area (Å²) in [5.41, 5.74) is 0.0860. The average Bonchev–Trinajstić information content (AvgIpc) is 2.85. The van der Waals surface area contributed by atoms with Crippen molar-refractivity contribution >= 4 is 34.9 Å². The van der Waals surface area contributed by atoms with Crippen molar-refractivity contribution in [2.75, 3.05) is 32.1 Å². The molecular formula is C15H16ClN3O6. The van der Waals surface area contributed by atoms with Gasteiger partial charge in [0.2, 0.25) is 0 Å². The fourth-order valence-corrected chi connectivity index (χ4v) is 2.77. The van der Waals surface area contributed by atoms with Crippen LogP contribution >= 0.6 is 11.6 Å². The highest BCUT2D eigenvalue weighted by Gasteiger charge is 2.35. The number of ether oxygens (including phenoxy) is 1. The molecule has 0 unspecified atom stereocenters. The highest BCUT2D eigenvalue weighted by Crippen LogP contribution is 2.34. The fraction of sp³-hybridized carbons (Fsp3) is 0.333. The highest BCUT2D eigenvalue weighted by molar-refractivity contribution is 6.31. The van der Waals surface area contributed by atoms with Crippen molar-refractivity contribution in [2.45, 2.75) is 6.92 Å². The van der Waals surface area contributed by atoms with Crippen molar-refractivity contribution in [3.63, 3.8) is 0 Å². The molecule has 1 amide bonds. The second kappa shape index (κ2) is 7.49. The van der Waals surface area contributed by atoms with E-state index in [0.29, 0.717) is 5.56 Å². The van der Waals surface area contributed by atoms with Gasteiger partial charge in [-0.05, 0) is 18.6 Å². The van der Waals surface area contributed by atoms with Crippen LogP contribution in [-0.4, -0.2) is 53.6 Å². The molecule has 0 spiro atoms. The maximum atomic E-state index is 12.5. The van der Waals surface area contributed by atoms with E-state index in [2.05, 4.69) is 10.1 Å². The third-order valence-corrected chi connectivity index (χ3v) is 3.90. The van der Waals surface area contributed by atoms with Gasteiger partial charge in [-0.3, -0.25) is 14.9 Å². The molecule has 134 valence electrons. The quantitative estimate of drug-likeness (QED) is 0.439. The van der Waals surface area contributed by atoms with Gasteiger partial charge in [-0.25, -0.2) is 4.79 Å². The molecule has 2 rings (SSSR count). The second-order valence-electron chi connectivity index (χ2n) is 5.29. The number of hydrogen-bond acceptors (Lipinski definition) is 7. The molecule has 0 bridgehead atoms. The lowest BCUT2D eigenvalue weighted by molar-refractivity contribution is -0.383. The normalized spacial score (nSPS) is 14.1. The Balaban J connectivity index is 2.51. The van der Waals surface area contributed by atoms with Crippen LogP contribution in [-0.2, 0) is 14.3 Å². The highest BCUT2D eigenvalue weighted by atomic mass is 35.5. The number of hydrogen-bond donors (Lipinski definition) is 2. The molecule has 0 aliphatic carbocycles. The molecule has 10 heteroatoms. The summed E-state index contributed by atoms with van der Waals surface area (Å²) in [6, 6.07) is 2.65. The zero-order chi connectivity index (χ0) is 18.7. The maximum Gasteiger partial charge on any atom is 0.337 e. The van der Waals surface area contributed by atoms with Crippen LogP contribution in [0, 0.1) is 17.0 Å². The van der Waals surface area contributed by atoms with Crippen molar-refractivity contribution in [3.05, 3.63) is 44.1 Å². The van der Waals surface area contributed by atoms with E-state index in [1.54, 1.807) is 6.92 Å². The van der Waals surface area contributed by atoms with E-state index in [-0.39, 0.29) is 47.4 Å². The van der Waals surface area contributed by atoms with Gasteiger partial charge in [-0.1, -0.05) is 11.6 Å². The first kappa shape index (κ1) is 18.7. The van der Waals surface area contributed by atoms with Gasteiger partial charge in [0, 0.05) is 17.6 Å². The Morgan fingerprint density at radius 3 is 2.76 bits per heavy atom. The first-order chi connectivity index (χ1) is 11.8. The molecule has 1 aromatic carbocycles. The number of benzene rings is 1. The number of β-amino-alcohol motifs (C(OH)–C–C–N with tert-alkyl or cyclic N) is 1. The summed E-state index contributed by atoms with van der Waals surface area (Å²) in [4.78, 5) is 36.3. The topological polar surface area (TPSA) is 122 Å². The number of halogens is 1. The molecule has 1 aliphatic rings. The van der Waals surface area contributed by atoms with E-state index in [9.17, 15) is 19.7 Å². The zero-order valence-corrected chi connectivity index (χ0v) is 14.3. The number of aliphatic hydroxyl groups is 1. The summed E-state index contributed by atoms with van der Waals surface area (Å²) < 4.78 is 4.67. The van der Waals surface area contributed by atoms with E-state index in [0.717, 1.165) is 6.07 Å². The molecule has 1 aromatic rings. The van der Waals surface area contributed by atoms with Gasteiger partial charge in [-0.15, -0.1) is 0 Å². The number of nitro benzene ring substituents is 1. The molecule has 0 atom stereocenters. The largest absolute Gasteiger partial charge is 0.466 e. The van der Waals surface area contributed by atoms with Crippen LogP contribution in [0.2, 0.25) is 5.02 Å². The summed E-state index contributed by atoms with van der Waals surface area (Å²) in [7, 11) is 1.17. The fourth-order valence-electron chi connectivity index (χ4n) is 2.51. The third-order valence-electron chi connectivity index (χ3n) is 3.68. The number of amides is 1. The minimum absolute atomic E-state index is 0.0200. The van der Waals surface area contributed by atoms with Crippen LogP contribution in [0.15, 0.2) is 23.4 Å². The maximum absolute atomic E-state index is 12.5. The smallest absolute Gasteiger partial charge is 0.337 e. The first-order valence-electron chi connectivity index (χ1n) is 7.23. The number of aliphatic hydroxyl groups excluding tert-OH is 1. The van der Waals surface area contributed by atoms with E-state index < -0.39 is 16.8 Å². The van der Waals surface area contributed by atoms with Gasteiger partial charge in [0.1, 0.15) is 11.4 Å². The minimum Gasteiger partial charge on any atom is -0.466 e. The predicted octanol–water partition coefficient (Wildman–Crippen LogP) is 1.23. The lowest BCUT2D eigenvalue weighted by Crippen LogP contribution is -2.31. The number of nitrogens with zero attached hydrogens (tertiary/aromatic N) is 2. The van der Waals surface area contributed by atoms with Crippen LogP contribution in [0.5, 0.6) is 0 Å². The first-order valence-corrected chi connectivity index (χ1v) is 7.61. The number of anilines is 1. The molecule has 2 N–H and O–H groups in total. The van der Waals surface area contributed by atoms with Gasteiger partial charge >= 0.3 is 5.97 Å². The Bertz CT molecular complexity index is 777. The minimum atomic E-state index is -0.731. The van der Waals surface area contributed by atoms with Crippen molar-refractivity contribution in [3.8, 4) is 0 Å². The lowest BCUT2D eigenvalue weighted by Gasteiger charge is -2.15. The molecule has 1 heterocycles. The monoisotopic (exact) mass is 369 g/mol. The number of carbonyl (C=O) groups excluding carboxylic acids is 2. The van der Waals surface area contributed by atoms with E-state index in [1.807, 2.05) is 0 Å². The van der Waals surface area contributed by atoms with E-state index in [1.165, 1.54) is 18.1 Å². The standard InChI is InChI=1S/C15H16ClN3O6/c1-8-5-9(16)6-11(19(23)24)12(8)17-13-10(15(22)25-2)7-18(3-4-20)14(13)21/h5-6,17,20H,3-4,7H2,1-2H3. The van der Waals surface area contributed by atoms with E-state index in [4.69, 9.17) is 16.7 Å². The summed E-state index contributed by atoms with van der Waals surface area (Å²) >= 11 is 5.86. The molecule has 9 nitrogen and oxygen atoms in total. The number of nitrogens with one attached hydrogen (secondary N) is 1. The van der Waals surface area contributed by atoms with Crippen LogP contribution in [0.25, 0.3) is 0 Å². The molecule has 0 saturated carbocycles. The van der Waals surface area contributed by atoms with Crippen LogP contribution < -0.4 is 5.32 Å². The Kier molecular flexibility index (Phi) is 5.60. The van der Waals surface area contributed by atoms with Gasteiger partial charge in [0.05, 0.1) is 30.8 Å². The number of carbonyl (C=O) groups is 2. The van der Waals surface area contributed by atoms with Gasteiger partial charge in [-0.2, -0.15) is 0 Å². The number of esters is 1. The molecular weight excluding hydrogens is 354 g/mol. The van der Waals surface area contributed by atoms with Gasteiger partial charge in [0.25, 0.3) is 11.6 Å². The van der Waals surface area contributed by atoms with Crippen molar-refractivity contribution in [2.24, 2.45) is 0 Å². The average molecular weight is 370 g/mol. The molecule has 25 heavy (non-hydrogen) atoms. The summed E-state index contributed by atoms with van der Waals surface area (Å²) in [5.74, 6) is -1.29.